The molecular formula is C11H22NO3+. The molecule has 0 aromatic rings. The zero-order chi connectivity index (χ0) is 12.1. The van der Waals surface area contributed by atoms with Crippen LogP contribution in [0.4, 0.5) is 0 Å². The Morgan fingerprint density at radius 1 is 1.53 bits per heavy atom. The number of hydrogen-bond donors (Lipinski definition) is 1. The lowest BCUT2D eigenvalue weighted by atomic mass is 10.3. The second kappa shape index (κ2) is 5.88. The fraction of sp³-hybridized carbons (Fsp3) is 0.727. The molecule has 0 radical (unpaired) electrons. The number of quaternary nitrogens is 1. The highest BCUT2D eigenvalue weighted by molar-refractivity contribution is 5.66. The fourth-order valence-electron chi connectivity index (χ4n) is 1.03. The average molecular weight is 216 g/mol. The first kappa shape index (κ1) is 14.1. The van der Waals surface area contributed by atoms with Gasteiger partial charge in [0.1, 0.15) is 0 Å². The summed E-state index contributed by atoms with van der Waals surface area (Å²) in [6.07, 6.45) is 0.134. The van der Waals surface area contributed by atoms with Gasteiger partial charge in [-0.15, -0.1) is 0 Å². The molecule has 0 saturated carbocycles. The molecule has 1 atom stereocenters. The van der Waals surface area contributed by atoms with Crippen molar-refractivity contribution >= 4 is 5.97 Å². The number of hydrogen-bond acceptors (Lipinski definition) is 2. The molecule has 1 unspecified atom stereocenters. The lowest BCUT2D eigenvalue weighted by Gasteiger charge is -2.35. The van der Waals surface area contributed by atoms with Crippen molar-refractivity contribution < 1.29 is 19.1 Å². The maximum atomic E-state index is 10.5. The van der Waals surface area contributed by atoms with Crippen molar-refractivity contribution in [2.45, 2.75) is 26.5 Å². The fourth-order valence-corrected chi connectivity index (χ4v) is 1.03. The molecule has 88 valence electrons. The Hall–Kier alpha value is -0.870. The molecule has 0 aromatic carbocycles. The lowest BCUT2D eigenvalue weighted by molar-refractivity contribution is -0.934. The number of carbonyl (C=O) groups is 1. The molecule has 0 rings (SSSR count). The van der Waals surface area contributed by atoms with Crippen LogP contribution in [-0.2, 0) is 9.53 Å². The summed E-state index contributed by atoms with van der Waals surface area (Å²) in [5.41, 5.74) is 0.972. The first-order chi connectivity index (χ1) is 6.75. The van der Waals surface area contributed by atoms with E-state index in [0.717, 1.165) is 5.57 Å². The van der Waals surface area contributed by atoms with E-state index in [1.807, 2.05) is 27.9 Å². The van der Waals surface area contributed by atoms with Crippen molar-refractivity contribution in [3.63, 3.8) is 0 Å². The molecule has 0 saturated heterocycles. The van der Waals surface area contributed by atoms with Gasteiger partial charge in [-0.1, -0.05) is 12.2 Å². The zero-order valence-electron chi connectivity index (χ0n) is 10.1. The van der Waals surface area contributed by atoms with Crippen LogP contribution in [-0.4, -0.2) is 49.0 Å². The van der Waals surface area contributed by atoms with Gasteiger partial charge in [0.15, 0.2) is 6.23 Å². The molecule has 0 aromatic heterocycles. The van der Waals surface area contributed by atoms with E-state index in [1.165, 1.54) is 0 Å². The highest BCUT2D eigenvalue weighted by atomic mass is 16.5. The second-order valence-electron chi connectivity index (χ2n) is 4.51. The van der Waals surface area contributed by atoms with E-state index in [2.05, 4.69) is 6.58 Å². The van der Waals surface area contributed by atoms with Crippen molar-refractivity contribution in [3.8, 4) is 0 Å². The number of carboxylic acids is 1. The van der Waals surface area contributed by atoms with Crippen LogP contribution in [0.1, 0.15) is 20.3 Å². The Bertz CT molecular complexity index is 236. The van der Waals surface area contributed by atoms with Crippen molar-refractivity contribution in [3.05, 3.63) is 12.2 Å². The van der Waals surface area contributed by atoms with Gasteiger partial charge in [-0.05, 0) is 6.92 Å². The molecule has 0 aliphatic heterocycles. The molecule has 0 amide bonds. The van der Waals surface area contributed by atoms with E-state index < -0.39 is 5.97 Å². The topological polar surface area (TPSA) is 46.5 Å². The Labute approximate surface area is 91.7 Å². The predicted molar refractivity (Wildman–Crippen MR) is 59.5 cm³/mol. The van der Waals surface area contributed by atoms with Crippen molar-refractivity contribution in [2.75, 3.05) is 27.2 Å². The normalized spacial score (nSPS) is 13.6. The number of ether oxygens (including phenoxy) is 1. The molecule has 4 heteroatoms. The monoisotopic (exact) mass is 216 g/mol. The molecule has 0 bridgehead atoms. The van der Waals surface area contributed by atoms with E-state index in [1.54, 1.807) is 0 Å². The predicted octanol–water partition coefficient (Wildman–Crippen LogP) is 1.48. The Balaban J connectivity index is 4.06. The van der Waals surface area contributed by atoms with Crippen molar-refractivity contribution in [2.24, 2.45) is 0 Å². The molecule has 0 aliphatic rings. The van der Waals surface area contributed by atoms with Gasteiger partial charge in [-0.25, -0.2) is 0 Å². The maximum Gasteiger partial charge on any atom is 0.309 e. The summed E-state index contributed by atoms with van der Waals surface area (Å²) in [5, 5.41) is 8.61. The third-order valence-corrected chi connectivity index (χ3v) is 2.46. The average Bonchev–Trinajstić information content (AvgIpc) is 2.11. The van der Waals surface area contributed by atoms with E-state index in [9.17, 15) is 4.79 Å². The van der Waals surface area contributed by atoms with Gasteiger partial charge in [0.25, 0.3) is 0 Å². The van der Waals surface area contributed by atoms with Gasteiger partial charge in [-0.3, -0.25) is 4.79 Å². The number of nitrogens with zero attached hydrogens (tertiary/aromatic N) is 1. The summed E-state index contributed by atoms with van der Waals surface area (Å²) in [6.45, 7) is 8.70. The van der Waals surface area contributed by atoms with Crippen LogP contribution in [0.5, 0.6) is 0 Å². The summed E-state index contributed by atoms with van der Waals surface area (Å²) in [5.74, 6) is -0.770. The quantitative estimate of drug-likeness (QED) is 0.398. The zero-order valence-corrected chi connectivity index (χ0v) is 10.1. The summed E-state index contributed by atoms with van der Waals surface area (Å²) in [4.78, 5) is 10.5. The second-order valence-corrected chi connectivity index (χ2v) is 4.51. The van der Waals surface area contributed by atoms with Crippen LogP contribution >= 0.6 is 0 Å². The first-order valence-corrected chi connectivity index (χ1v) is 5.06. The van der Waals surface area contributed by atoms with Crippen LogP contribution in [0.15, 0.2) is 12.2 Å². The van der Waals surface area contributed by atoms with Crippen LogP contribution in [0, 0.1) is 0 Å². The minimum absolute atomic E-state index is 0.0268. The van der Waals surface area contributed by atoms with Gasteiger partial charge < -0.3 is 14.3 Å². The summed E-state index contributed by atoms with van der Waals surface area (Å²) in [6, 6.07) is 0. The van der Waals surface area contributed by atoms with E-state index in [4.69, 9.17) is 9.84 Å². The Morgan fingerprint density at radius 3 is 2.47 bits per heavy atom. The number of carboxylic acid groups (broad SMARTS) is 1. The highest BCUT2D eigenvalue weighted by Crippen LogP contribution is 2.10. The standard InChI is InChI=1S/C11H21NO3/c1-9(2)8-15-10(3)12(4,5)7-6-11(13)14/h10H,1,6-8H2,2-5H3/p+1. The maximum absolute atomic E-state index is 10.5. The molecule has 4 nitrogen and oxygen atoms in total. The molecule has 0 heterocycles. The van der Waals surface area contributed by atoms with E-state index in [-0.39, 0.29) is 12.6 Å². The largest absolute Gasteiger partial charge is 0.481 e. The third kappa shape index (κ3) is 6.25. The van der Waals surface area contributed by atoms with Crippen LogP contribution < -0.4 is 0 Å². The van der Waals surface area contributed by atoms with Gasteiger partial charge in [-0.2, -0.15) is 0 Å². The lowest BCUT2D eigenvalue weighted by Crippen LogP contribution is -2.49. The summed E-state index contributed by atoms with van der Waals surface area (Å²) in [7, 11) is 3.93. The Morgan fingerprint density at radius 2 is 2.07 bits per heavy atom. The molecule has 0 fully saturated rings. The molecule has 0 spiro atoms. The third-order valence-electron chi connectivity index (χ3n) is 2.46. The minimum atomic E-state index is -0.770. The molecule has 1 N–H and O–H groups in total. The highest BCUT2D eigenvalue weighted by Gasteiger charge is 2.25. The SMILES string of the molecule is C=C(C)COC(C)[N+](C)(C)CCC(=O)O. The van der Waals surface area contributed by atoms with E-state index >= 15 is 0 Å². The van der Waals surface area contributed by atoms with Crippen molar-refractivity contribution in [1.82, 2.24) is 0 Å². The van der Waals surface area contributed by atoms with Crippen LogP contribution in [0.3, 0.4) is 0 Å². The van der Waals surface area contributed by atoms with Gasteiger partial charge in [0.05, 0.1) is 33.7 Å². The van der Waals surface area contributed by atoms with Gasteiger partial charge >= 0.3 is 5.97 Å². The number of aliphatic carboxylic acids is 1. The molecule has 0 aliphatic carbocycles. The smallest absolute Gasteiger partial charge is 0.309 e. The van der Waals surface area contributed by atoms with Gasteiger partial charge in [0.2, 0.25) is 0 Å². The van der Waals surface area contributed by atoms with Crippen molar-refractivity contribution in [1.29, 1.82) is 0 Å². The molecular weight excluding hydrogens is 194 g/mol. The van der Waals surface area contributed by atoms with Gasteiger partial charge in [0, 0.05) is 6.92 Å². The minimum Gasteiger partial charge on any atom is -0.481 e. The van der Waals surface area contributed by atoms with Crippen LogP contribution in [0.2, 0.25) is 0 Å². The summed E-state index contributed by atoms with van der Waals surface area (Å²) >= 11 is 0. The first-order valence-electron chi connectivity index (χ1n) is 5.06. The van der Waals surface area contributed by atoms with Crippen LogP contribution in [0.25, 0.3) is 0 Å². The van der Waals surface area contributed by atoms with E-state index in [0.29, 0.717) is 17.6 Å². The summed E-state index contributed by atoms with van der Waals surface area (Å²) < 4.78 is 6.12. The molecule has 15 heavy (non-hydrogen) atoms. The Kier molecular flexibility index (Phi) is 5.54. The number of rotatable bonds is 7.